The minimum atomic E-state index is -0.306. The summed E-state index contributed by atoms with van der Waals surface area (Å²) in [5.41, 5.74) is 5.79. The molecule has 5 aliphatic heterocycles. The van der Waals surface area contributed by atoms with Crippen molar-refractivity contribution in [3.63, 3.8) is 0 Å². The molecule has 2 amide bonds. The summed E-state index contributed by atoms with van der Waals surface area (Å²) < 4.78 is 7.48. The predicted molar refractivity (Wildman–Crippen MR) is 220 cm³/mol. The van der Waals surface area contributed by atoms with Gasteiger partial charge in [-0.2, -0.15) is 10.4 Å². The Morgan fingerprint density at radius 2 is 1.72 bits per heavy atom. The summed E-state index contributed by atoms with van der Waals surface area (Å²) in [6, 6.07) is 15.4. The van der Waals surface area contributed by atoms with E-state index in [1.54, 1.807) is 17.5 Å². The van der Waals surface area contributed by atoms with Crippen molar-refractivity contribution in [3.05, 3.63) is 66.1 Å². The Morgan fingerprint density at radius 3 is 2.48 bits per heavy atom. The molecule has 2 bridgehead atoms. The number of hydrogen-bond donors (Lipinski definition) is 2. The normalized spacial score (nSPS) is 23.3. The summed E-state index contributed by atoms with van der Waals surface area (Å²) in [4.78, 5) is 41.2. The van der Waals surface area contributed by atoms with E-state index in [9.17, 15) is 14.9 Å². The van der Waals surface area contributed by atoms with Gasteiger partial charge in [0, 0.05) is 88.6 Å². The predicted octanol–water partition coefficient (Wildman–Crippen LogP) is 4.86. The Morgan fingerprint density at radius 1 is 0.897 bits per heavy atom. The van der Waals surface area contributed by atoms with E-state index in [1.807, 2.05) is 47.2 Å². The van der Waals surface area contributed by atoms with Gasteiger partial charge in [0.25, 0.3) is 0 Å². The standard InChI is InChI=1S/C42H46N12O3S/c43-19-27-17-30-4-6-37(54(30)46-20-27)36-18-35(47-29-11-15-57-16-12-29)34(22-44-36)41-49-50-42(58-41)52-24-31-2-3-32(25-52)53(31)23-26-9-13-51(14-10-26)38-7-1-28(21-45-38)33-5-8-39(55)48-40(33)56/h1,4,6-7,17-18,20-22,26,29,31-33H,2-3,5,8-16,23-25H2,(H,44,47)(H,48,55,56)/t31?,32?,33-/m0/s1. The second-order valence-electron chi connectivity index (χ2n) is 16.3. The van der Waals surface area contributed by atoms with Gasteiger partial charge in [0.2, 0.25) is 16.9 Å². The number of carbonyl (C=O) groups is 2. The first-order valence-corrected chi connectivity index (χ1v) is 21.4. The number of piperazine rings is 1. The highest BCUT2D eigenvalue weighted by Crippen LogP contribution is 2.40. The molecule has 2 N–H and O–H groups in total. The van der Waals surface area contributed by atoms with Crippen molar-refractivity contribution in [2.45, 2.75) is 75.4 Å². The number of amides is 2. The fourth-order valence-electron chi connectivity index (χ4n) is 9.54. The van der Waals surface area contributed by atoms with Gasteiger partial charge in [0.05, 0.1) is 40.1 Å². The number of hydrogen-bond acceptors (Lipinski definition) is 14. The molecule has 15 nitrogen and oxygen atoms in total. The molecule has 16 heteroatoms. The van der Waals surface area contributed by atoms with Crippen molar-refractivity contribution in [3.8, 4) is 28.0 Å². The molecule has 3 atom stereocenters. The number of aromatic nitrogens is 6. The lowest BCUT2D eigenvalue weighted by molar-refractivity contribution is -0.134. The van der Waals surface area contributed by atoms with Crippen molar-refractivity contribution in [1.29, 1.82) is 5.26 Å². The summed E-state index contributed by atoms with van der Waals surface area (Å²) in [5.74, 6) is 0.884. The summed E-state index contributed by atoms with van der Waals surface area (Å²) >= 11 is 1.64. The van der Waals surface area contributed by atoms with Gasteiger partial charge < -0.3 is 19.9 Å². The number of piperidine rings is 2. The van der Waals surface area contributed by atoms with Gasteiger partial charge in [0.1, 0.15) is 11.9 Å². The molecule has 5 fully saturated rings. The third-order valence-electron chi connectivity index (χ3n) is 12.7. The zero-order valence-corrected chi connectivity index (χ0v) is 33.1. The second-order valence-corrected chi connectivity index (χ2v) is 17.3. The Hall–Kier alpha value is -5.50. The fourth-order valence-corrected chi connectivity index (χ4v) is 10.4. The number of rotatable bonds is 9. The summed E-state index contributed by atoms with van der Waals surface area (Å²) in [6.07, 6.45) is 12.7. The summed E-state index contributed by atoms with van der Waals surface area (Å²) in [6.45, 7) is 6.46. The number of nitrogens with one attached hydrogen (secondary N) is 2. The lowest BCUT2D eigenvalue weighted by Gasteiger charge is -2.43. The number of nitriles is 1. The van der Waals surface area contributed by atoms with Crippen LogP contribution in [0.3, 0.4) is 0 Å². The molecule has 5 saturated heterocycles. The van der Waals surface area contributed by atoms with E-state index < -0.39 is 0 Å². The molecule has 0 spiro atoms. The third-order valence-corrected chi connectivity index (χ3v) is 13.8. The van der Waals surface area contributed by atoms with Gasteiger partial charge in [-0.25, -0.2) is 9.50 Å². The van der Waals surface area contributed by atoms with Gasteiger partial charge >= 0.3 is 0 Å². The van der Waals surface area contributed by atoms with Crippen LogP contribution >= 0.6 is 11.3 Å². The number of imide groups is 1. The van der Waals surface area contributed by atoms with E-state index in [-0.39, 0.29) is 23.8 Å². The van der Waals surface area contributed by atoms with Crippen LogP contribution in [0.5, 0.6) is 0 Å². The SMILES string of the molecule is N#Cc1cnn2c(-c3cc(NC4CCOCC4)c(-c4nnc(N5CC6CCC(C5)N6CC5CCN(c6ccc([C@@H]7CCC(=O)NC7=O)cn6)CC5)s4)cn3)ccc2c1. The first kappa shape index (κ1) is 36.8. The van der Waals surface area contributed by atoms with Crippen LogP contribution in [0.4, 0.5) is 16.6 Å². The number of pyridine rings is 2. The molecule has 10 heterocycles. The van der Waals surface area contributed by atoms with Crippen molar-refractivity contribution in [1.82, 2.24) is 40.0 Å². The third kappa shape index (κ3) is 7.27. The van der Waals surface area contributed by atoms with Crippen molar-refractivity contribution >= 4 is 45.3 Å². The molecule has 10 rings (SSSR count). The van der Waals surface area contributed by atoms with E-state index in [1.165, 1.54) is 12.8 Å². The molecule has 5 aromatic heterocycles. The monoisotopic (exact) mass is 798 g/mol. The fraction of sp³-hybridized carbons (Fsp3) is 0.476. The average Bonchev–Trinajstić information content (AvgIpc) is 3.97. The molecular weight excluding hydrogens is 753 g/mol. The van der Waals surface area contributed by atoms with Crippen molar-refractivity contribution in [2.24, 2.45) is 5.92 Å². The highest BCUT2D eigenvalue weighted by molar-refractivity contribution is 7.18. The minimum Gasteiger partial charge on any atom is -0.381 e. The van der Waals surface area contributed by atoms with Gasteiger partial charge in [-0.15, -0.1) is 10.2 Å². The van der Waals surface area contributed by atoms with Crippen LogP contribution in [-0.2, 0) is 14.3 Å². The first-order valence-electron chi connectivity index (χ1n) is 20.6. The number of ether oxygens (including phenoxy) is 1. The van der Waals surface area contributed by atoms with Crippen LogP contribution < -0.4 is 20.4 Å². The molecule has 0 saturated carbocycles. The Kier molecular flexibility index (Phi) is 9.96. The Balaban J connectivity index is 0.790. The van der Waals surface area contributed by atoms with E-state index in [0.717, 1.165) is 121 Å². The molecule has 298 valence electrons. The van der Waals surface area contributed by atoms with Crippen LogP contribution in [-0.4, -0.2) is 111 Å². The second kappa shape index (κ2) is 15.7. The Labute approximate surface area is 340 Å². The van der Waals surface area contributed by atoms with E-state index in [4.69, 9.17) is 24.9 Å². The number of carbonyl (C=O) groups excluding carboxylic acids is 2. The topological polar surface area (TPSA) is 170 Å². The quantitative estimate of drug-likeness (QED) is 0.194. The van der Waals surface area contributed by atoms with Gasteiger partial charge in [-0.1, -0.05) is 17.4 Å². The van der Waals surface area contributed by atoms with Crippen LogP contribution in [0.15, 0.2) is 55.0 Å². The summed E-state index contributed by atoms with van der Waals surface area (Å²) in [5, 5.41) is 31.5. The van der Waals surface area contributed by atoms with E-state index in [0.29, 0.717) is 36.4 Å². The van der Waals surface area contributed by atoms with Gasteiger partial charge in [-0.05, 0) is 86.8 Å². The molecule has 5 aliphatic rings. The lowest BCUT2D eigenvalue weighted by Crippen LogP contribution is -2.55. The molecule has 58 heavy (non-hydrogen) atoms. The smallest absolute Gasteiger partial charge is 0.234 e. The van der Waals surface area contributed by atoms with E-state index >= 15 is 0 Å². The lowest BCUT2D eigenvalue weighted by atomic mass is 9.91. The largest absolute Gasteiger partial charge is 0.381 e. The van der Waals surface area contributed by atoms with E-state index in [2.05, 4.69) is 42.6 Å². The maximum atomic E-state index is 12.3. The van der Waals surface area contributed by atoms with Crippen molar-refractivity contribution in [2.75, 3.05) is 61.1 Å². The number of nitrogens with zero attached hydrogens (tertiary/aromatic N) is 10. The maximum absolute atomic E-state index is 12.3. The molecule has 0 aromatic carbocycles. The van der Waals surface area contributed by atoms with Gasteiger partial charge in [0.15, 0.2) is 5.01 Å². The molecular formula is C42H46N12O3S. The molecule has 0 aliphatic carbocycles. The maximum Gasteiger partial charge on any atom is 0.234 e. The number of anilines is 3. The van der Waals surface area contributed by atoms with Crippen LogP contribution in [0.1, 0.15) is 68.4 Å². The summed E-state index contributed by atoms with van der Waals surface area (Å²) in [7, 11) is 0. The molecule has 2 unspecified atom stereocenters. The zero-order valence-electron chi connectivity index (χ0n) is 32.3. The van der Waals surface area contributed by atoms with Crippen LogP contribution in [0, 0.1) is 17.2 Å². The van der Waals surface area contributed by atoms with Crippen molar-refractivity contribution < 1.29 is 14.3 Å². The zero-order chi connectivity index (χ0) is 39.2. The minimum absolute atomic E-state index is 0.195. The van der Waals surface area contributed by atoms with Gasteiger partial charge in [-0.3, -0.25) is 24.8 Å². The van der Waals surface area contributed by atoms with Crippen LogP contribution in [0.25, 0.3) is 27.5 Å². The molecule has 0 radical (unpaired) electrons. The molecule has 5 aromatic rings. The Bertz CT molecular complexity index is 2350. The number of fused-ring (bicyclic) bond motifs is 3. The highest BCUT2D eigenvalue weighted by Gasteiger charge is 2.42. The average molecular weight is 799 g/mol. The first-order chi connectivity index (χ1) is 28.5. The van der Waals surface area contributed by atoms with Crippen LogP contribution in [0.2, 0.25) is 0 Å². The highest BCUT2D eigenvalue weighted by atomic mass is 32.1.